The van der Waals surface area contributed by atoms with Gasteiger partial charge < -0.3 is 9.05 Å². The van der Waals surface area contributed by atoms with Crippen molar-refractivity contribution in [3.63, 3.8) is 0 Å². The Morgan fingerprint density at radius 2 is 1.56 bits per heavy atom. The second-order valence-electron chi connectivity index (χ2n) is 3.09. The number of hydrogen-bond donors (Lipinski definition) is 0. The average Bonchev–Trinajstić information content (AvgIpc) is 2.19. The molecule has 0 fully saturated rings. The monoisotopic (exact) mass is 252 g/mol. The molecule has 0 bridgehead atoms. The van der Waals surface area contributed by atoms with Crippen LogP contribution in [-0.2, 0) is 19.8 Å². The molecule has 0 saturated carbocycles. The van der Waals surface area contributed by atoms with Gasteiger partial charge in [-0.3, -0.25) is 4.57 Å². The molecule has 0 radical (unpaired) electrons. The second-order valence-corrected chi connectivity index (χ2v) is 5.14. The third-order valence-corrected chi connectivity index (χ3v) is 3.93. The zero-order valence-electron chi connectivity index (χ0n) is 9.18. The van der Waals surface area contributed by atoms with Crippen molar-refractivity contribution in [1.29, 1.82) is 0 Å². The van der Waals surface area contributed by atoms with Crippen molar-refractivity contribution in [3.8, 4) is 0 Å². The van der Waals surface area contributed by atoms with E-state index in [0.717, 1.165) is 5.56 Å². The van der Waals surface area contributed by atoms with Crippen LogP contribution < -0.4 is 0 Å². The summed E-state index contributed by atoms with van der Waals surface area (Å²) in [6, 6.07) is 9.60. The predicted octanol–water partition coefficient (Wildman–Crippen LogP) is 2.80. The van der Waals surface area contributed by atoms with E-state index in [4.69, 9.17) is 9.05 Å². The van der Waals surface area contributed by atoms with Gasteiger partial charge in [0, 0.05) is 0 Å². The Labute approximate surface area is 119 Å². The normalized spacial score (nSPS) is 10.9. The van der Waals surface area contributed by atoms with Gasteiger partial charge in [-0.2, -0.15) is 0 Å². The molecule has 1 aromatic carbocycles. The van der Waals surface area contributed by atoms with Crippen molar-refractivity contribution < 1.29 is 13.6 Å². The topological polar surface area (TPSA) is 35.5 Å². The predicted molar refractivity (Wildman–Crippen MR) is 68.2 cm³/mol. The van der Waals surface area contributed by atoms with Gasteiger partial charge >= 0.3 is 37.2 Å². The Balaban J connectivity index is 0.00000225. The van der Waals surface area contributed by atoms with E-state index in [1.54, 1.807) is 0 Å². The van der Waals surface area contributed by atoms with Gasteiger partial charge in [-0.15, -0.1) is 0 Å². The van der Waals surface area contributed by atoms with Gasteiger partial charge in [0.15, 0.2) is 0 Å². The molecular formula is C11H18NaO3P. The molecule has 0 N–H and O–H groups in total. The molecule has 0 aliphatic rings. The van der Waals surface area contributed by atoms with Gasteiger partial charge in [-0.1, -0.05) is 30.3 Å². The van der Waals surface area contributed by atoms with Crippen molar-refractivity contribution in [2.24, 2.45) is 0 Å². The van der Waals surface area contributed by atoms with E-state index >= 15 is 0 Å². The van der Waals surface area contributed by atoms with E-state index in [0.29, 0.717) is 19.4 Å². The van der Waals surface area contributed by atoms with E-state index in [9.17, 15) is 4.57 Å². The molecule has 0 unspecified atom stereocenters. The summed E-state index contributed by atoms with van der Waals surface area (Å²) < 4.78 is 22.6. The van der Waals surface area contributed by atoms with Gasteiger partial charge in [0.05, 0.1) is 19.4 Å². The second kappa shape index (κ2) is 8.46. The fraction of sp³-hybridized carbons (Fsp3) is 0.455. The summed E-state index contributed by atoms with van der Waals surface area (Å²) in [5, 5.41) is 0. The summed E-state index contributed by atoms with van der Waals surface area (Å²) in [6.45, 7) is 4.45. The quantitative estimate of drug-likeness (QED) is 0.577. The van der Waals surface area contributed by atoms with E-state index < -0.39 is 7.60 Å². The Hall–Kier alpha value is 0.370. The molecule has 0 atom stereocenters. The number of benzene rings is 1. The summed E-state index contributed by atoms with van der Waals surface area (Å²) >= 11 is 0. The summed E-state index contributed by atoms with van der Waals surface area (Å²) in [4.78, 5) is 0. The molecule has 0 aliphatic carbocycles. The van der Waals surface area contributed by atoms with Gasteiger partial charge in [-0.05, 0) is 19.4 Å². The number of hydrogen-bond acceptors (Lipinski definition) is 3. The standard InChI is InChI=1S/C11H17O3P.Na.H/c1-3-13-15(12,14-4-2)10-11-8-6-5-7-9-11;;/h5-9H,3-4,10H2,1-2H3;;. The maximum absolute atomic E-state index is 12.1. The van der Waals surface area contributed by atoms with Crippen LogP contribution in [0.15, 0.2) is 30.3 Å². The van der Waals surface area contributed by atoms with Crippen molar-refractivity contribution in [3.05, 3.63) is 35.9 Å². The van der Waals surface area contributed by atoms with E-state index in [1.165, 1.54) is 0 Å². The fourth-order valence-corrected chi connectivity index (χ4v) is 3.03. The molecule has 5 heteroatoms. The minimum absolute atomic E-state index is 0. The van der Waals surface area contributed by atoms with Crippen molar-refractivity contribution in [2.75, 3.05) is 13.2 Å². The summed E-state index contributed by atoms with van der Waals surface area (Å²) in [6.07, 6.45) is 0.343. The van der Waals surface area contributed by atoms with Crippen LogP contribution in [0.4, 0.5) is 0 Å². The van der Waals surface area contributed by atoms with Gasteiger partial charge in [0.2, 0.25) is 0 Å². The Morgan fingerprint density at radius 3 is 2.00 bits per heavy atom. The van der Waals surface area contributed by atoms with E-state index in [2.05, 4.69) is 0 Å². The Kier molecular flexibility index (Phi) is 8.65. The molecule has 0 aliphatic heterocycles. The zero-order valence-corrected chi connectivity index (χ0v) is 10.1. The summed E-state index contributed by atoms with van der Waals surface area (Å²) in [5.41, 5.74) is 0.975. The van der Waals surface area contributed by atoms with Gasteiger partial charge in [0.1, 0.15) is 0 Å². The average molecular weight is 252 g/mol. The van der Waals surface area contributed by atoms with Gasteiger partial charge in [-0.25, -0.2) is 0 Å². The van der Waals surface area contributed by atoms with Crippen LogP contribution >= 0.6 is 7.60 Å². The maximum atomic E-state index is 12.1. The molecular weight excluding hydrogens is 234 g/mol. The summed E-state index contributed by atoms with van der Waals surface area (Å²) in [7, 11) is -2.94. The molecule has 1 aromatic rings. The summed E-state index contributed by atoms with van der Waals surface area (Å²) in [5.74, 6) is 0. The van der Waals surface area contributed by atoms with Crippen LogP contribution in [0.1, 0.15) is 19.4 Å². The first-order chi connectivity index (χ1) is 7.20. The first-order valence-electron chi connectivity index (χ1n) is 5.12. The molecule has 0 heterocycles. The van der Waals surface area contributed by atoms with Crippen molar-refractivity contribution in [2.45, 2.75) is 20.0 Å². The van der Waals surface area contributed by atoms with Crippen LogP contribution in [0.2, 0.25) is 0 Å². The molecule has 0 aromatic heterocycles. The molecule has 0 saturated heterocycles. The number of rotatable bonds is 6. The fourth-order valence-electron chi connectivity index (χ4n) is 1.33. The Bertz CT molecular complexity index is 319. The zero-order chi connectivity index (χ0) is 11.1. The molecule has 0 spiro atoms. The van der Waals surface area contributed by atoms with Crippen LogP contribution in [0, 0.1) is 0 Å². The van der Waals surface area contributed by atoms with E-state index in [1.807, 2.05) is 44.2 Å². The minimum atomic E-state index is -2.94. The molecule has 86 valence electrons. The van der Waals surface area contributed by atoms with Crippen LogP contribution in [0.5, 0.6) is 0 Å². The van der Waals surface area contributed by atoms with Gasteiger partial charge in [0.25, 0.3) is 0 Å². The van der Waals surface area contributed by atoms with Crippen LogP contribution in [0.3, 0.4) is 0 Å². The SMILES string of the molecule is CCOP(=O)(Cc1ccccc1)OCC.[NaH]. The van der Waals surface area contributed by atoms with Crippen molar-refractivity contribution in [1.82, 2.24) is 0 Å². The molecule has 0 amide bonds. The van der Waals surface area contributed by atoms with Crippen LogP contribution in [0.25, 0.3) is 0 Å². The molecule has 3 nitrogen and oxygen atoms in total. The third-order valence-electron chi connectivity index (χ3n) is 1.87. The third kappa shape index (κ3) is 5.62. The molecule has 16 heavy (non-hydrogen) atoms. The Morgan fingerprint density at radius 1 is 1.06 bits per heavy atom. The van der Waals surface area contributed by atoms with E-state index in [-0.39, 0.29) is 29.6 Å². The first-order valence-corrected chi connectivity index (χ1v) is 6.85. The van der Waals surface area contributed by atoms with Crippen LogP contribution in [-0.4, -0.2) is 42.8 Å². The molecule has 1 rings (SSSR count). The first kappa shape index (κ1) is 16.4. The van der Waals surface area contributed by atoms with Crippen molar-refractivity contribution >= 4 is 37.2 Å².